The van der Waals surface area contributed by atoms with Crippen LogP contribution in [0.25, 0.3) is 0 Å². The highest BCUT2D eigenvalue weighted by molar-refractivity contribution is 7.90. The highest BCUT2D eigenvalue weighted by Crippen LogP contribution is 2.47. The number of anilines is 1. The van der Waals surface area contributed by atoms with Crippen LogP contribution in [0.4, 0.5) is 10.5 Å². The fraction of sp³-hybridized carbons (Fsp3) is 0.568. The summed E-state index contributed by atoms with van der Waals surface area (Å²) in [5.41, 5.74) is 3.24. The number of aryl methyl sites for hydroxylation is 1. The van der Waals surface area contributed by atoms with Crippen molar-refractivity contribution in [3.05, 3.63) is 70.3 Å². The van der Waals surface area contributed by atoms with Gasteiger partial charge in [-0.1, -0.05) is 49.5 Å². The van der Waals surface area contributed by atoms with Gasteiger partial charge in [0, 0.05) is 37.2 Å². The second-order valence-corrected chi connectivity index (χ2v) is 23.9. The van der Waals surface area contributed by atoms with Crippen molar-refractivity contribution in [1.82, 2.24) is 10.0 Å². The third-order valence-electron chi connectivity index (χ3n) is 10.9. The number of hydrogen-bond acceptors (Lipinski definition) is 7. The minimum atomic E-state index is -3.93. The third-order valence-corrected chi connectivity index (χ3v) is 14.6. The second kappa shape index (κ2) is 14.3. The molecule has 2 aliphatic heterocycles. The molecule has 4 aliphatic rings. The molecule has 5 atom stereocenters. The summed E-state index contributed by atoms with van der Waals surface area (Å²) in [6.07, 6.45) is 9.25. The summed E-state index contributed by atoms with van der Waals surface area (Å²) >= 11 is 6.44. The molecule has 1 saturated carbocycles. The van der Waals surface area contributed by atoms with E-state index >= 15 is 0 Å². The van der Waals surface area contributed by atoms with Crippen molar-refractivity contribution in [1.29, 1.82) is 0 Å². The van der Waals surface area contributed by atoms with E-state index in [-0.39, 0.29) is 28.9 Å². The first-order valence-electron chi connectivity index (χ1n) is 17.7. The van der Waals surface area contributed by atoms with E-state index in [2.05, 4.69) is 46.7 Å². The summed E-state index contributed by atoms with van der Waals surface area (Å²) in [6, 6.07) is 12.0. The number of hydrogen-bond donors (Lipinski definition) is 2. The Labute approximate surface area is 297 Å². The number of nitrogens with zero attached hydrogens (tertiary/aromatic N) is 1. The maximum absolute atomic E-state index is 13.4. The van der Waals surface area contributed by atoms with Crippen molar-refractivity contribution in [2.24, 2.45) is 11.8 Å². The summed E-state index contributed by atoms with van der Waals surface area (Å²) in [4.78, 5) is 28.8. The second-order valence-electron chi connectivity index (χ2n) is 15.7. The van der Waals surface area contributed by atoms with Crippen LogP contribution in [0.1, 0.15) is 66.9 Å². The number of amides is 2. The van der Waals surface area contributed by atoms with E-state index in [1.807, 2.05) is 18.2 Å². The van der Waals surface area contributed by atoms with Crippen LogP contribution >= 0.6 is 11.6 Å². The maximum Gasteiger partial charge on any atom is 0.407 e. The molecule has 0 unspecified atom stereocenters. The molecule has 2 aromatic carbocycles. The van der Waals surface area contributed by atoms with Gasteiger partial charge in [-0.25, -0.2) is 17.9 Å². The Morgan fingerprint density at radius 1 is 1.16 bits per heavy atom. The van der Waals surface area contributed by atoms with E-state index in [1.54, 1.807) is 25.1 Å². The normalized spacial score (nSPS) is 28.8. The summed E-state index contributed by atoms with van der Waals surface area (Å²) < 4.78 is 41.0. The van der Waals surface area contributed by atoms with Crippen molar-refractivity contribution < 1.29 is 27.5 Å². The van der Waals surface area contributed by atoms with Gasteiger partial charge >= 0.3 is 6.09 Å². The van der Waals surface area contributed by atoms with Gasteiger partial charge in [-0.2, -0.15) is 0 Å². The predicted octanol–water partition coefficient (Wildman–Crippen LogP) is 7.07. The van der Waals surface area contributed by atoms with Crippen molar-refractivity contribution >= 4 is 47.4 Å². The first-order valence-corrected chi connectivity index (χ1v) is 23.3. The number of nitrogens with one attached hydrogen (secondary N) is 2. The Balaban J connectivity index is 1.35. The van der Waals surface area contributed by atoms with Gasteiger partial charge in [0.15, 0.2) is 0 Å². The number of ether oxygens (including phenoxy) is 2. The Bertz CT molecular complexity index is 1710. The van der Waals surface area contributed by atoms with Crippen LogP contribution in [-0.2, 0) is 26.6 Å². The lowest BCUT2D eigenvalue weighted by Gasteiger charge is -2.46. The van der Waals surface area contributed by atoms with Crippen LogP contribution in [0, 0.1) is 11.8 Å². The number of fused-ring (bicyclic) bond motifs is 4. The lowest BCUT2D eigenvalue weighted by atomic mass is 9.68. The average molecular weight is 728 g/mol. The molecule has 6 rings (SSSR count). The molecule has 2 aliphatic carbocycles. The molecule has 49 heavy (non-hydrogen) atoms. The maximum atomic E-state index is 13.4. The van der Waals surface area contributed by atoms with Crippen molar-refractivity contribution in [2.45, 2.75) is 94.3 Å². The molecule has 2 N–H and O–H groups in total. The molecule has 2 heterocycles. The minimum absolute atomic E-state index is 0.169. The van der Waals surface area contributed by atoms with E-state index in [0.29, 0.717) is 44.9 Å². The Kier molecular flexibility index (Phi) is 10.4. The average Bonchev–Trinajstić information content (AvgIpc) is 3.16. The van der Waals surface area contributed by atoms with E-state index in [4.69, 9.17) is 21.1 Å². The Morgan fingerprint density at radius 2 is 1.98 bits per heavy atom. The summed E-state index contributed by atoms with van der Waals surface area (Å²) in [5, 5.41) is 3.10. The third kappa shape index (κ3) is 8.15. The molecule has 2 aromatic rings. The zero-order chi connectivity index (χ0) is 35.0. The highest BCUT2D eigenvalue weighted by atomic mass is 35.5. The number of sulfonamides is 1. The van der Waals surface area contributed by atoms with Gasteiger partial charge in [0.25, 0.3) is 5.91 Å². The molecular formula is C37H50ClN3O6SSi. The molecule has 9 nitrogen and oxygen atoms in total. The minimum Gasteiger partial charge on any atom is -0.490 e. The highest BCUT2D eigenvalue weighted by Gasteiger charge is 2.44. The van der Waals surface area contributed by atoms with Crippen LogP contribution in [0.3, 0.4) is 0 Å². The van der Waals surface area contributed by atoms with Gasteiger partial charge in [0.1, 0.15) is 5.75 Å². The number of allylic oxidation sites excluding steroid dienone is 1. The van der Waals surface area contributed by atoms with Crippen molar-refractivity contribution in [3.63, 3.8) is 0 Å². The number of halogens is 1. The topological polar surface area (TPSA) is 114 Å². The lowest BCUT2D eigenvalue weighted by Crippen LogP contribution is -2.52. The standard InChI is InChI=1S/C37H50ClN3O6SSi/c1-25-8-5-6-10-32(39-36(43)46-18-19-49(2,3)4)30-14-11-28(30)22-41-23-37(17-7-9-26-20-29(38)13-15-31(26)37)24-47-34-16-12-27(21-33(34)41)35(42)40-48(25,44)45/h6,10,12-13,15-16,20-21,25,28,30,32H,5,7-9,11,14,17-19,22-24H2,1-4H3,(H,39,43)(H,40,42)/b10-6+/t25-,28+,30-,32+,37+/m1/s1. The molecule has 0 saturated heterocycles. The van der Waals surface area contributed by atoms with Gasteiger partial charge in [-0.15, -0.1) is 0 Å². The molecule has 0 aromatic heterocycles. The fourth-order valence-electron chi connectivity index (χ4n) is 7.78. The first kappa shape index (κ1) is 35.8. The molecule has 1 spiro atoms. The van der Waals surface area contributed by atoms with Crippen LogP contribution in [0.5, 0.6) is 5.75 Å². The lowest BCUT2D eigenvalue weighted by molar-refractivity contribution is 0.0981. The van der Waals surface area contributed by atoms with E-state index in [0.717, 1.165) is 48.9 Å². The van der Waals surface area contributed by atoms with Gasteiger partial charge in [0.05, 0.1) is 30.2 Å². The van der Waals surface area contributed by atoms with Gasteiger partial charge in [-0.05, 0) is 111 Å². The van der Waals surface area contributed by atoms with Crippen LogP contribution in [0.15, 0.2) is 48.6 Å². The quantitative estimate of drug-likeness (QED) is 0.256. The van der Waals surface area contributed by atoms with E-state index < -0.39 is 35.3 Å². The molecule has 12 heteroatoms. The van der Waals surface area contributed by atoms with Gasteiger partial charge in [-0.3, -0.25) is 4.79 Å². The molecule has 0 radical (unpaired) electrons. The van der Waals surface area contributed by atoms with E-state index in [9.17, 15) is 18.0 Å². The molecule has 2 bridgehead atoms. The molecule has 1 fully saturated rings. The van der Waals surface area contributed by atoms with Crippen molar-refractivity contribution in [3.8, 4) is 5.75 Å². The van der Waals surface area contributed by atoms with E-state index in [1.165, 1.54) is 11.1 Å². The number of carbonyl (C=O) groups excluding carboxylic acids is 2. The summed E-state index contributed by atoms with van der Waals surface area (Å²) in [7, 11) is -5.29. The molecule has 266 valence electrons. The Hall–Kier alpha value is -3.02. The van der Waals surface area contributed by atoms with Crippen LogP contribution in [0.2, 0.25) is 30.7 Å². The largest absolute Gasteiger partial charge is 0.490 e. The zero-order valence-electron chi connectivity index (χ0n) is 29.1. The smallest absolute Gasteiger partial charge is 0.407 e. The zero-order valence-corrected chi connectivity index (χ0v) is 31.7. The molecule has 2 amide bonds. The van der Waals surface area contributed by atoms with Crippen LogP contribution < -0.4 is 19.7 Å². The number of benzene rings is 2. The predicted molar refractivity (Wildman–Crippen MR) is 197 cm³/mol. The summed E-state index contributed by atoms with van der Waals surface area (Å²) in [5.74, 6) is 0.454. The molecular weight excluding hydrogens is 678 g/mol. The number of alkyl carbamates (subject to hydrolysis) is 1. The fourth-order valence-corrected chi connectivity index (χ4v) is 9.71. The van der Waals surface area contributed by atoms with Crippen LogP contribution in [-0.4, -0.2) is 66.1 Å². The number of rotatable bonds is 4. The SMILES string of the molecule is C[C@@H]1CC/C=C/[C@H](NC(=O)OCC[Si](C)(C)C)[C@@H]2CC[C@H]2CN2C[C@@]3(CCCc4cc(Cl)ccc43)COc3ccc(cc32)C(=O)NS1(=O)=O. The summed E-state index contributed by atoms with van der Waals surface area (Å²) in [6.45, 7) is 10.6. The Morgan fingerprint density at radius 3 is 2.73 bits per heavy atom. The van der Waals surface area contributed by atoms with Gasteiger partial charge in [0.2, 0.25) is 10.0 Å². The number of carbonyl (C=O) groups is 2. The first-order chi connectivity index (χ1) is 23.2. The van der Waals surface area contributed by atoms with Gasteiger partial charge < -0.3 is 19.7 Å². The van der Waals surface area contributed by atoms with Crippen molar-refractivity contribution in [2.75, 3.05) is 31.2 Å². The monoisotopic (exact) mass is 727 g/mol.